The minimum absolute atomic E-state index is 0.232. The molecule has 0 fully saturated rings. The van der Waals surface area contributed by atoms with Crippen molar-refractivity contribution in [3.63, 3.8) is 0 Å². The number of hydrogen-bond donors (Lipinski definition) is 2. The Morgan fingerprint density at radius 1 is 0.824 bits per heavy atom. The molecule has 4 aromatic rings. The molecule has 0 aliphatic carbocycles. The van der Waals surface area contributed by atoms with Crippen molar-refractivity contribution < 1.29 is 31.7 Å². The first-order chi connectivity index (χ1) is 16.2. The fourth-order valence-electron chi connectivity index (χ4n) is 3.12. The van der Waals surface area contributed by atoms with E-state index in [-0.39, 0.29) is 17.0 Å². The van der Waals surface area contributed by atoms with Crippen LogP contribution in [0.2, 0.25) is 0 Å². The molecule has 172 valence electrons. The number of carbonyl (C=O) groups is 2. The Labute approximate surface area is 190 Å². The Balaban J connectivity index is 1.56. The van der Waals surface area contributed by atoms with Gasteiger partial charge >= 0.3 is 6.18 Å². The third-order valence-electron chi connectivity index (χ3n) is 4.75. The standard InChI is InChI=1S/C24H15F4N3O3/c25-18-9-5-4-8-16(18)22(32)29-15-10-11-19(17(12-15)24(26,27)28)30-23(33)21-13-20(31-34-21)14-6-2-1-3-7-14/h1-13H,(H,29,32)(H,30,33). The Bertz CT molecular complexity index is 1350. The first-order valence-corrected chi connectivity index (χ1v) is 9.83. The minimum Gasteiger partial charge on any atom is -0.350 e. The fraction of sp³-hybridized carbons (Fsp3) is 0.0417. The maximum atomic E-state index is 13.8. The van der Waals surface area contributed by atoms with E-state index in [0.717, 1.165) is 18.2 Å². The fourth-order valence-corrected chi connectivity index (χ4v) is 3.12. The number of nitrogens with one attached hydrogen (secondary N) is 2. The van der Waals surface area contributed by atoms with Crippen molar-refractivity contribution in [1.29, 1.82) is 0 Å². The van der Waals surface area contributed by atoms with Gasteiger partial charge in [0.05, 0.1) is 16.8 Å². The van der Waals surface area contributed by atoms with E-state index < -0.39 is 35.1 Å². The molecule has 0 aliphatic rings. The van der Waals surface area contributed by atoms with Gasteiger partial charge < -0.3 is 15.2 Å². The highest BCUT2D eigenvalue weighted by Gasteiger charge is 2.35. The monoisotopic (exact) mass is 469 g/mol. The molecule has 0 radical (unpaired) electrons. The van der Waals surface area contributed by atoms with E-state index in [4.69, 9.17) is 4.52 Å². The van der Waals surface area contributed by atoms with E-state index in [1.807, 2.05) is 0 Å². The van der Waals surface area contributed by atoms with Crippen LogP contribution in [-0.2, 0) is 6.18 Å². The lowest BCUT2D eigenvalue weighted by Crippen LogP contribution is -2.18. The van der Waals surface area contributed by atoms with Gasteiger partial charge in [-0.05, 0) is 30.3 Å². The SMILES string of the molecule is O=C(Nc1ccc(NC(=O)c2ccccc2F)cc1C(F)(F)F)c1cc(-c2ccccc2)no1. The average Bonchev–Trinajstić information content (AvgIpc) is 3.31. The number of alkyl halides is 3. The van der Waals surface area contributed by atoms with Crippen LogP contribution < -0.4 is 10.6 Å². The Morgan fingerprint density at radius 3 is 2.24 bits per heavy atom. The summed E-state index contributed by atoms with van der Waals surface area (Å²) in [4.78, 5) is 24.7. The molecule has 34 heavy (non-hydrogen) atoms. The number of carbonyl (C=O) groups excluding carboxylic acids is 2. The predicted octanol–water partition coefficient (Wildman–Crippen LogP) is 6.00. The van der Waals surface area contributed by atoms with Crippen LogP contribution in [0.15, 0.2) is 83.4 Å². The van der Waals surface area contributed by atoms with Crippen LogP contribution in [0.3, 0.4) is 0 Å². The van der Waals surface area contributed by atoms with Crippen LogP contribution in [0.5, 0.6) is 0 Å². The smallest absolute Gasteiger partial charge is 0.350 e. The first-order valence-electron chi connectivity index (χ1n) is 9.83. The van der Waals surface area contributed by atoms with Crippen molar-refractivity contribution in [2.75, 3.05) is 10.6 Å². The van der Waals surface area contributed by atoms with Crippen molar-refractivity contribution in [3.05, 3.63) is 102 Å². The molecule has 10 heteroatoms. The van der Waals surface area contributed by atoms with E-state index in [0.29, 0.717) is 17.3 Å². The van der Waals surface area contributed by atoms with Crippen LogP contribution in [0.1, 0.15) is 26.5 Å². The van der Waals surface area contributed by atoms with Gasteiger partial charge in [-0.2, -0.15) is 13.2 Å². The van der Waals surface area contributed by atoms with Crippen molar-refractivity contribution in [1.82, 2.24) is 5.16 Å². The van der Waals surface area contributed by atoms with E-state index in [2.05, 4.69) is 15.8 Å². The van der Waals surface area contributed by atoms with E-state index in [1.54, 1.807) is 30.3 Å². The van der Waals surface area contributed by atoms with Gasteiger partial charge in [-0.3, -0.25) is 9.59 Å². The van der Waals surface area contributed by atoms with Gasteiger partial charge in [0.15, 0.2) is 0 Å². The molecule has 3 aromatic carbocycles. The molecule has 0 bridgehead atoms. The van der Waals surface area contributed by atoms with Gasteiger partial charge in [0.1, 0.15) is 11.5 Å². The van der Waals surface area contributed by atoms with Gasteiger partial charge in [-0.15, -0.1) is 0 Å². The van der Waals surface area contributed by atoms with Crippen LogP contribution >= 0.6 is 0 Å². The van der Waals surface area contributed by atoms with Crippen LogP contribution in [0, 0.1) is 5.82 Å². The number of halogens is 4. The second-order valence-electron chi connectivity index (χ2n) is 7.09. The molecule has 1 aromatic heterocycles. The summed E-state index contributed by atoms with van der Waals surface area (Å²) in [7, 11) is 0. The minimum atomic E-state index is -4.86. The summed E-state index contributed by atoms with van der Waals surface area (Å²) in [6.07, 6.45) is -4.86. The highest BCUT2D eigenvalue weighted by molar-refractivity contribution is 6.05. The zero-order chi connectivity index (χ0) is 24.3. The Kier molecular flexibility index (Phi) is 6.13. The second-order valence-corrected chi connectivity index (χ2v) is 7.09. The average molecular weight is 469 g/mol. The molecule has 1 heterocycles. The van der Waals surface area contributed by atoms with Crippen LogP contribution in [0.4, 0.5) is 28.9 Å². The predicted molar refractivity (Wildman–Crippen MR) is 116 cm³/mol. The summed E-state index contributed by atoms with van der Waals surface area (Å²) >= 11 is 0. The molecule has 0 saturated carbocycles. The number of anilines is 2. The molecule has 0 atom stereocenters. The van der Waals surface area contributed by atoms with E-state index in [9.17, 15) is 27.2 Å². The topological polar surface area (TPSA) is 84.2 Å². The molecule has 0 spiro atoms. The number of nitrogens with zero attached hydrogens (tertiary/aromatic N) is 1. The zero-order valence-corrected chi connectivity index (χ0v) is 17.2. The number of rotatable bonds is 5. The van der Waals surface area contributed by atoms with Gasteiger partial charge in [0.25, 0.3) is 11.8 Å². The number of amides is 2. The second kappa shape index (κ2) is 9.18. The summed E-state index contributed by atoms with van der Waals surface area (Å²) in [6.45, 7) is 0. The van der Waals surface area contributed by atoms with Crippen molar-refractivity contribution >= 4 is 23.2 Å². The molecule has 0 aliphatic heterocycles. The maximum Gasteiger partial charge on any atom is 0.418 e. The van der Waals surface area contributed by atoms with E-state index in [1.165, 1.54) is 24.3 Å². The number of benzene rings is 3. The molecule has 0 saturated heterocycles. The summed E-state index contributed by atoms with van der Waals surface area (Å²) in [6, 6.07) is 17.9. The lowest BCUT2D eigenvalue weighted by atomic mass is 10.1. The van der Waals surface area contributed by atoms with Gasteiger partial charge in [0.2, 0.25) is 5.76 Å². The van der Waals surface area contributed by atoms with Crippen molar-refractivity contribution in [3.8, 4) is 11.3 Å². The molecule has 2 N–H and O–H groups in total. The highest BCUT2D eigenvalue weighted by Crippen LogP contribution is 2.37. The summed E-state index contributed by atoms with van der Waals surface area (Å²) in [5.74, 6) is -2.97. The lowest BCUT2D eigenvalue weighted by molar-refractivity contribution is -0.136. The van der Waals surface area contributed by atoms with Gasteiger partial charge in [-0.1, -0.05) is 47.6 Å². The third kappa shape index (κ3) is 4.96. The molecule has 4 rings (SSSR count). The first kappa shape index (κ1) is 22.7. The highest BCUT2D eigenvalue weighted by atomic mass is 19.4. The Morgan fingerprint density at radius 2 is 1.53 bits per heavy atom. The summed E-state index contributed by atoms with van der Waals surface area (Å²) in [5.41, 5.74) is -1.32. The number of hydrogen-bond acceptors (Lipinski definition) is 4. The van der Waals surface area contributed by atoms with E-state index >= 15 is 0 Å². The largest absolute Gasteiger partial charge is 0.418 e. The Hall–Kier alpha value is -4.47. The molecular formula is C24H15F4N3O3. The molecule has 6 nitrogen and oxygen atoms in total. The molecule has 0 unspecified atom stereocenters. The molecule has 2 amide bonds. The lowest BCUT2D eigenvalue weighted by Gasteiger charge is -2.15. The van der Waals surface area contributed by atoms with Crippen LogP contribution in [0.25, 0.3) is 11.3 Å². The van der Waals surface area contributed by atoms with Gasteiger partial charge in [-0.25, -0.2) is 4.39 Å². The summed E-state index contributed by atoms with van der Waals surface area (Å²) < 4.78 is 59.8. The number of aromatic nitrogens is 1. The van der Waals surface area contributed by atoms with Crippen LogP contribution in [-0.4, -0.2) is 17.0 Å². The van der Waals surface area contributed by atoms with Crippen molar-refractivity contribution in [2.45, 2.75) is 6.18 Å². The zero-order valence-electron chi connectivity index (χ0n) is 17.2. The van der Waals surface area contributed by atoms with Crippen molar-refractivity contribution in [2.24, 2.45) is 0 Å². The molecular weight excluding hydrogens is 454 g/mol. The normalized spacial score (nSPS) is 11.2. The summed E-state index contributed by atoms with van der Waals surface area (Å²) in [5, 5.41) is 8.15. The third-order valence-corrected chi connectivity index (χ3v) is 4.75. The quantitative estimate of drug-likeness (QED) is 0.351. The maximum absolute atomic E-state index is 13.8. The van der Waals surface area contributed by atoms with Gasteiger partial charge in [0, 0.05) is 17.3 Å².